The first-order valence-electron chi connectivity index (χ1n) is 6.23. The molecule has 1 atom stereocenters. The lowest BCUT2D eigenvalue weighted by Gasteiger charge is -2.34. The standard InChI is InChI=1S/C13H27NO/c1-10(2)14(8-11-6-7-11)9-12(15)13(3,4)5/h10-12,15H,6-9H2,1-5H3. The molecule has 0 spiro atoms. The van der Waals surface area contributed by atoms with Gasteiger partial charge in [0.2, 0.25) is 0 Å². The van der Waals surface area contributed by atoms with Gasteiger partial charge in [-0.2, -0.15) is 0 Å². The minimum absolute atomic E-state index is 0.00328. The van der Waals surface area contributed by atoms with Crippen molar-refractivity contribution in [2.75, 3.05) is 13.1 Å². The molecular weight excluding hydrogens is 186 g/mol. The molecule has 1 rings (SSSR count). The highest BCUT2D eigenvalue weighted by molar-refractivity contribution is 4.82. The SMILES string of the molecule is CC(C)N(CC1CC1)CC(O)C(C)(C)C. The molecule has 1 N–H and O–H groups in total. The summed E-state index contributed by atoms with van der Waals surface area (Å²) in [5, 5.41) is 10.1. The molecule has 1 unspecified atom stereocenters. The van der Waals surface area contributed by atoms with E-state index in [-0.39, 0.29) is 11.5 Å². The fraction of sp³-hybridized carbons (Fsp3) is 1.00. The average molecular weight is 213 g/mol. The summed E-state index contributed by atoms with van der Waals surface area (Å²) in [6.45, 7) is 12.7. The Balaban J connectivity index is 2.42. The summed E-state index contributed by atoms with van der Waals surface area (Å²) in [5.74, 6) is 0.902. The van der Waals surface area contributed by atoms with Crippen LogP contribution in [0.15, 0.2) is 0 Å². The van der Waals surface area contributed by atoms with Crippen LogP contribution in [0.2, 0.25) is 0 Å². The second-order valence-corrected chi connectivity index (χ2v) is 6.37. The van der Waals surface area contributed by atoms with Gasteiger partial charge in [-0.05, 0) is 38.0 Å². The first kappa shape index (κ1) is 13.0. The zero-order valence-electron chi connectivity index (χ0n) is 11.0. The van der Waals surface area contributed by atoms with Crippen molar-refractivity contribution in [2.24, 2.45) is 11.3 Å². The quantitative estimate of drug-likeness (QED) is 0.758. The molecular formula is C13H27NO. The second-order valence-electron chi connectivity index (χ2n) is 6.37. The van der Waals surface area contributed by atoms with E-state index >= 15 is 0 Å². The fourth-order valence-electron chi connectivity index (χ4n) is 1.62. The number of hydrogen-bond donors (Lipinski definition) is 1. The van der Waals surface area contributed by atoms with Crippen molar-refractivity contribution >= 4 is 0 Å². The van der Waals surface area contributed by atoms with Gasteiger partial charge in [-0.1, -0.05) is 20.8 Å². The van der Waals surface area contributed by atoms with Crippen molar-refractivity contribution < 1.29 is 5.11 Å². The van der Waals surface area contributed by atoms with Crippen LogP contribution in [0.1, 0.15) is 47.5 Å². The molecule has 15 heavy (non-hydrogen) atoms. The number of aliphatic hydroxyl groups is 1. The predicted octanol–water partition coefficient (Wildman–Crippen LogP) is 2.51. The highest BCUT2D eigenvalue weighted by Crippen LogP contribution is 2.31. The molecule has 0 heterocycles. The Morgan fingerprint density at radius 2 is 1.80 bits per heavy atom. The smallest absolute Gasteiger partial charge is 0.0715 e. The molecule has 0 bridgehead atoms. The third kappa shape index (κ3) is 4.52. The minimum Gasteiger partial charge on any atom is -0.391 e. The van der Waals surface area contributed by atoms with Crippen molar-refractivity contribution in [1.29, 1.82) is 0 Å². The van der Waals surface area contributed by atoms with Crippen LogP contribution in [0.3, 0.4) is 0 Å². The van der Waals surface area contributed by atoms with Gasteiger partial charge >= 0.3 is 0 Å². The van der Waals surface area contributed by atoms with E-state index in [1.165, 1.54) is 19.4 Å². The van der Waals surface area contributed by atoms with E-state index in [0.29, 0.717) is 6.04 Å². The summed E-state index contributed by atoms with van der Waals surface area (Å²) in [7, 11) is 0. The van der Waals surface area contributed by atoms with E-state index in [1.807, 2.05) is 0 Å². The summed E-state index contributed by atoms with van der Waals surface area (Å²) in [4.78, 5) is 2.42. The molecule has 2 heteroatoms. The average Bonchev–Trinajstić information content (AvgIpc) is 2.84. The normalized spacial score (nSPS) is 20.0. The highest BCUT2D eigenvalue weighted by atomic mass is 16.3. The van der Waals surface area contributed by atoms with Crippen LogP contribution in [-0.2, 0) is 0 Å². The highest BCUT2D eigenvalue weighted by Gasteiger charge is 2.29. The molecule has 1 saturated carbocycles. The van der Waals surface area contributed by atoms with Gasteiger partial charge in [-0.15, -0.1) is 0 Å². The number of hydrogen-bond acceptors (Lipinski definition) is 2. The molecule has 0 aromatic carbocycles. The number of aliphatic hydroxyl groups excluding tert-OH is 1. The molecule has 90 valence electrons. The van der Waals surface area contributed by atoms with E-state index < -0.39 is 0 Å². The maximum atomic E-state index is 10.1. The lowest BCUT2D eigenvalue weighted by molar-refractivity contribution is 0.0184. The van der Waals surface area contributed by atoms with E-state index in [2.05, 4.69) is 39.5 Å². The Morgan fingerprint density at radius 3 is 2.13 bits per heavy atom. The molecule has 1 aliphatic rings. The Hall–Kier alpha value is -0.0800. The van der Waals surface area contributed by atoms with Crippen molar-refractivity contribution in [3.05, 3.63) is 0 Å². The summed E-state index contributed by atoms with van der Waals surface area (Å²) in [5.41, 5.74) is -0.00328. The van der Waals surface area contributed by atoms with E-state index in [0.717, 1.165) is 12.5 Å². The second kappa shape index (κ2) is 4.84. The van der Waals surface area contributed by atoms with Gasteiger partial charge in [-0.25, -0.2) is 0 Å². The zero-order chi connectivity index (χ0) is 11.6. The zero-order valence-corrected chi connectivity index (χ0v) is 11.0. The number of nitrogens with zero attached hydrogens (tertiary/aromatic N) is 1. The van der Waals surface area contributed by atoms with Crippen LogP contribution >= 0.6 is 0 Å². The lowest BCUT2D eigenvalue weighted by atomic mass is 9.88. The van der Waals surface area contributed by atoms with Gasteiger partial charge in [0.05, 0.1) is 6.10 Å². The van der Waals surface area contributed by atoms with E-state index in [1.54, 1.807) is 0 Å². The minimum atomic E-state index is -0.223. The molecule has 0 amide bonds. The van der Waals surface area contributed by atoms with Crippen LogP contribution in [0.25, 0.3) is 0 Å². The molecule has 0 aromatic rings. The molecule has 0 aliphatic heterocycles. The van der Waals surface area contributed by atoms with Crippen molar-refractivity contribution in [1.82, 2.24) is 4.90 Å². The predicted molar refractivity (Wildman–Crippen MR) is 64.9 cm³/mol. The van der Waals surface area contributed by atoms with E-state index in [4.69, 9.17) is 0 Å². The largest absolute Gasteiger partial charge is 0.391 e. The van der Waals surface area contributed by atoms with Crippen LogP contribution in [-0.4, -0.2) is 35.2 Å². The maximum Gasteiger partial charge on any atom is 0.0715 e. The Kier molecular flexibility index (Phi) is 4.19. The summed E-state index contributed by atoms with van der Waals surface area (Å²) >= 11 is 0. The van der Waals surface area contributed by atoms with Crippen LogP contribution < -0.4 is 0 Å². The molecule has 0 saturated heterocycles. The topological polar surface area (TPSA) is 23.5 Å². The number of rotatable bonds is 5. The lowest BCUT2D eigenvalue weighted by Crippen LogP contribution is -2.43. The Bertz CT molecular complexity index is 191. The van der Waals surface area contributed by atoms with Crippen LogP contribution in [0, 0.1) is 11.3 Å². The third-order valence-corrected chi connectivity index (χ3v) is 3.33. The van der Waals surface area contributed by atoms with Gasteiger partial charge in [0.1, 0.15) is 0 Å². The third-order valence-electron chi connectivity index (χ3n) is 3.33. The fourth-order valence-corrected chi connectivity index (χ4v) is 1.62. The van der Waals surface area contributed by atoms with Gasteiger partial charge < -0.3 is 5.11 Å². The van der Waals surface area contributed by atoms with Gasteiger partial charge in [-0.3, -0.25) is 4.90 Å². The van der Waals surface area contributed by atoms with Crippen LogP contribution in [0.4, 0.5) is 0 Å². The molecule has 0 aromatic heterocycles. The van der Waals surface area contributed by atoms with Gasteiger partial charge in [0.25, 0.3) is 0 Å². The monoisotopic (exact) mass is 213 g/mol. The van der Waals surface area contributed by atoms with Crippen LogP contribution in [0.5, 0.6) is 0 Å². The van der Waals surface area contributed by atoms with Crippen molar-refractivity contribution in [3.63, 3.8) is 0 Å². The summed E-state index contributed by atoms with van der Waals surface area (Å²) in [6.07, 6.45) is 2.54. The van der Waals surface area contributed by atoms with Crippen molar-refractivity contribution in [2.45, 2.75) is 59.6 Å². The summed E-state index contributed by atoms with van der Waals surface area (Å²) in [6, 6.07) is 0.544. The maximum absolute atomic E-state index is 10.1. The van der Waals surface area contributed by atoms with Gasteiger partial charge in [0, 0.05) is 19.1 Å². The summed E-state index contributed by atoms with van der Waals surface area (Å²) < 4.78 is 0. The first-order chi connectivity index (χ1) is 6.80. The Labute approximate surface area is 94.7 Å². The van der Waals surface area contributed by atoms with E-state index in [9.17, 15) is 5.11 Å². The first-order valence-corrected chi connectivity index (χ1v) is 6.23. The molecule has 0 radical (unpaired) electrons. The Morgan fingerprint density at radius 1 is 1.27 bits per heavy atom. The molecule has 2 nitrogen and oxygen atoms in total. The molecule has 1 fully saturated rings. The van der Waals surface area contributed by atoms with Gasteiger partial charge in [0.15, 0.2) is 0 Å². The van der Waals surface area contributed by atoms with Crippen molar-refractivity contribution in [3.8, 4) is 0 Å². The molecule has 1 aliphatic carbocycles.